The molecule has 2 saturated carbocycles. The minimum atomic E-state index is -0.118. The summed E-state index contributed by atoms with van der Waals surface area (Å²) in [7, 11) is 0. The summed E-state index contributed by atoms with van der Waals surface area (Å²) in [4.78, 5) is 0. The van der Waals surface area contributed by atoms with Gasteiger partial charge in [0.25, 0.3) is 0 Å². The number of rotatable bonds is 4. The third-order valence-corrected chi connectivity index (χ3v) is 5.71. The molecular formula is C18H30N2O. The zero-order chi connectivity index (χ0) is 14.7. The van der Waals surface area contributed by atoms with Gasteiger partial charge in [-0.05, 0) is 56.4 Å². The van der Waals surface area contributed by atoms with E-state index in [2.05, 4.69) is 23.9 Å². The van der Waals surface area contributed by atoms with E-state index in [1.165, 1.54) is 57.1 Å². The highest BCUT2D eigenvalue weighted by atomic mass is 16.3. The number of aliphatic hydroxyl groups is 1. The molecule has 3 atom stereocenters. The first kappa shape index (κ1) is 15.1. The maximum atomic E-state index is 10.3. The molecule has 2 fully saturated rings. The van der Waals surface area contributed by atoms with Gasteiger partial charge in [-0.1, -0.05) is 32.6 Å². The maximum absolute atomic E-state index is 10.3. The Bertz CT molecular complexity index is 436. The molecule has 1 N–H and O–H groups in total. The van der Waals surface area contributed by atoms with Crippen LogP contribution in [0.2, 0.25) is 0 Å². The van der Waals surface area contributed by atoms with Gasteiger partial charge in [0.15, 0.2) is 0 Å². The summed E-state index contributed by atoms with van der Waals surface area (Å²) in [6.45, 7) is 2.28. The highest BCUT2D eigenvalue weighted by molar-refractivity contribution is 5.03. The molecule has 3 unspecified atom stereocenters. The third kappa shape index (κ3) is 3.68. The largest absolute Gasteiger partial charge is 0.393 e. The average molecular weight is 290 g/mol. The zero-order valence-electron chi connectivity index (χ0n) is 13.4. The van der Waals surface area contributed by atoms with Crippen LogP contribution in [0, 0.1) is 11.8 Å². The fourth-order valence-corrected chi connectivity index (χ4v) is 4.24. The second kappa shape index (κ2) is 6.95. The number of aliphatic hydroxyl groups excluding tert-OH is 1. The SMILES string of the molecule is CCC1CCC(O)C(Cc2ccn(C3CCCCC3)n2)C1. The lowest BCUT2D eigenvalue weighted by atomic mass is 9.76. The van der Waals surface area contributed by atoms with Crippen molar-refractivity contribution >= 4 is 0 Å². The van der Waals surface area contributed by atoms with Crippen molar-refractivity contribution in [2.24, 2.45) is 11.8 Å². The Kier molecular flexibility index (Phi) is 4.99. The first-order valence-corrected chi connectivity index (χ1v) is 8.98. The zero-order valence-corrected chi connectivity index (χ0v) is 13.4. The summed E-state index contributed by atoms with van der Waals surface area (Å²) in [6, 6.07) is 2.80. The van der Waals surface area contributed by atoms with E-state index < -0.39 is 0 Å². The van der Waals surface area contributed by atoms with E-state index >= 15 is 0 Å². The summed E-state index contributed by atoms with van der Waals surface area (Å²) < 4.78 is 2.20. The number of aromatic nitrogens is 2. The molecule has 21 heavy (non-hydrogen) atoms. The van der Waals surface area contributed by atoms with Crippen molar-refractivity contribution in [1.82, 2.24) is 9.78 Å². The maximum Gasteiger partial charge on any atom is 0.0628 e. The highest BCUT2D eigenvalue weighted by Crippen LogP contribution is 2.33. The van der Waals surface area contributed by atoms with Crippen molar-refractivity contribution in [3.63, 3.8) is 0 Å². The molecule has 3 heteroatoms. The molecule has 1 aromatic rings. The predicted molar refractivity (Wildman–Crippen MR) is 85.2 cm³/mol. The summed E-state index contributed by atoms with van der Waals surface area (Å²) in [5.74, 6) is 1.22. The van der Waals surface area contributed by atoms with Crippen molar-refractivity contribution in [1.29, 1.82) is 0 Å². The monoisotopic (exact) mass is 290 g/mol. The van der Waals surface area contributed by atoms with Gasteiger partial charge in [-0.25, -0.2) is 0 Å². The number of nitrogens with zero attached hydrogens (tertiary/aromatic N) is 2. The molecular weight excluding hydrogens is 260 g/mol. The topological polar surface area (TPSA) is 38.0 Å². The van der Waals surface area contributed by atoms with Crippen LogP contribution in [-0.2, 0) is 6.42 Å². The van der Waals surface area contributed by atoms with Gasteiger partial charge in [-0.3, -0.25) is 4.68 Å². The molecule has 0 amide bonds. The molecule has 0 spiro atoms. The lowest BCUT2D eigenvalue weighted by molar-refractivity contribution is 0.0469. The van der Waals surface area contributed by atoms with E-state index in [0.29, 0.717) is 12.0 Å². The van der Waals surface area contributed by atoms with Crippen LogP contribution in [-0.4, -0.2) is 21.0 Å². The molecule has 118 valence electrons. The molecule has 0 radical (unpaired) electrons. The summed E-state index contributed by atoms with van der Waals surface area (Å²) in [5, 5.41) is 15.1. The van der Waals surface area contributed by atoms with Gasteiger partial charge in [-0.2, -0.15) is 5.10 Å². The van der Waals surface area contributed by atoms with E-state index in [1.807, 2.05) is 0 Å². The normalized spacial score (nSPS) is 31.4. The Morgan fingerprint density at radius 3 is 2.76 bits per heavy atom. The quantitative estimate of drug-likeness (QED) is 0.906. The van der Waals surface area contributed by atoms with Crippen molar-refractivity contribution in [3.05, 3.63) is 18.0 Å². The summed E-state index contributed by atoms with van der Waals surface area (Å²) in [5.41, 5.74) is 1.18. The molecule has 0 aromatic carbocycles. The van der Waals surface area contributed by atoms with Gasteiger partial charge in [0.1, 0.15) is 0 Å². The molecule has 3 nitrogen and oxygen atoms in total. The van der Waals surface area contributed by atoms with Crippen LogP contribution in [0.3, 0.4) is 0 Å². The third-order valence-electron chi connectivity index (χ3n) is 5.71. The van der Waals surface area contributed by atoms with Crippen LogP contribution in [0.25, 0.3) is 0 Å². The van der Waals surface area contributed by atoms with Crippen LogP contribution in [0.1, 0.15) is 76.4 Å². The molecule has 1 aromatic heterocycles. The van der Waals surface area contributed by atoms with Crippen molar-refractivity contribution in [3.8, 4) is 0 Å². The average Bonchev–Trinajstić information content (AvgIpc) is 2.99. The van der Waals surface area contributed by atoms with Crippen molar-refractivity contribution in [2.75, 3.05) is 0 Å². The first-order chi connectivity index (χ1) is 10.3. The first-order valence-electron chi connectivity index (χ1n) is 8.98. The lowest BCUT2D eigenvalue weighted by Crippen LogP contribution is -2.30. The van der Waals surface area contributed by atoms with E-state index in [9.17, 15) is 5.11 Å². The van der Waals surface area contributed by atoms with E-state index in [4.69, 9.17) is 5.10 Å². The predicted octanol–water partition coefficient (Wildman–Crippen LogP) is 4.12. The minimum Gasteiger partial charge on any atom is -0.393 e. The van der Waals surface area contributed by atoms with E-state index in [1.54, 1.807) is 0 Å². The number of hydrogen-bond donors (Lipinski definition) is 1. The Hall–Kier alpha value is -0.830. The highest BCUT2D eigenvalue weighted by Gasteiger charge is 2.29. The van der Waals surface area contributed by atoms with Crippen LogP contribution < -0.4 is 0 Å². The summed E-state index contributed by atoms with van der Waals surface area (Å²) in [6.07, 6.45) is 14.2. The molecule has 1 heterocycles. The van der Waals surface area contributed by atoms with Crippen molar-refractivity contribution < 1.29 is 5.11 Å². The van der Waals surface area contributed by atoms with Gasteiger partial charge >= 0.3 is 0 Å². The molecule has 0 bridgehead atoms. The van der Waals surface area contributed by atoms with E-state index in [0.717, 1.165) is 18.8 Å². The molecule has 2 aliphatic carbocycles. The molecule has 0 saturated heterocycles. The van der Waals surface area contributed by atoms with Gasteiger partial charge < -0.3 is 5.11 Å². The fourth-order valence-electron chi connectivity index (χ4n) is 4.24. The fraction of sp³-hybridized carbons (Fsp3) is 0.833. The Morgan fingerprint density at radius 1 is 1.19 bits per heavy atom. The smallest absolute Gasteiger partial charge is 0.0628 e. The second-order valence-electron chi connectivity index (χ2n) is 7.20. The van der Waals surface area contributed by atoms with Crippen LogP contribution in [0.15, 0.2) is 12.3 Å². The Labute approximate surface area is 128 Å². The van der Waals surface area contributed by atoms with Gasteiger partial charge in [0, 0.05) is 6.20 Å². The van der Waals surface area contributed by atoms with Gasteiger partial charge in [-0.15, -0.1) is 0 Å². The lowest BCUT2D eigenvalue weighted by Gasteiger charge is -2.32. The number of hydrogen-bond acceptors (Lipinski definition) is 2. The van der Waals surface area contributed by atoms with Crippen LogP contribution in [0.4, 0.5) is 0 Å². The molecule has 0 aliphatic heterocycles. The molecule has 3 rings (SSSR count). The standard InChI is InChI=1S/C18H30N2O/c1-2-14-8-9-18(21)15(12-14)13-16-10-11-20(19-16)17-6-4-3-5-7-17/h10-11,14-15,17-18,21H,2-9,12-13H2,1H3. The second-order valence-corrected chi connectivity index (χ2v) is 7.20. The van der Waals surface area contributed by atoms with Crippen LogP contribution >= 0.6 is 0 Å². The van der Waals surface area contributed by atoms with E-state index in [-0.39, 0.29) is 6.10 Å². The summed E-state index contributed by atoms with van der Waals surface area (Å²) >= 11 is 0. The Morgan fingerprint density at radius 2 is 2.00 bits per heavy atom. The van der Waals surface area contributed by atoms with Crippen molar-refractivity contribution in [2.45, 2.75) is 83.3 Å². The van der Waals surface area contributed by atoms with Gasteiger partial charge in [0.05, 0.1) is 17.8 Å². The minimum absolute atomic E-state index is 0.118. The Balaban J connectivity index is 1.60. The molecule has 2 aliphatic rings. The van der Waals surface area contributed by atoms with Gasteiger partial charge in [0.2, 0.25) is 0 Å². The van der Waals surface area contributed by atoms with Crippen LogP contribution in [0.5, 0.6) is 0 Å².